The Bertz CT molecular complexity index is 527. The Balaban J connectivity index is 2.78. The van der Waals surface area contributed by atoms with Gasteiger partial charge in [-0.3, -0.25) is 0 Å². The maximum absolute atomic E-state index is 12.1. The van der Waals surface area contributed by atoms with E-state index < -0.39 is 22.1 Å². The van der Waals surface area contributed by atoms with Crippen LogP contribution < -0.4 is 10.5 Å². The Labute approximate surface area is 118 Å². The van der Waals surface area contributed by atoms with E-state index in [4.69, 9.17) is 15.2 Å². The lowest BCUT2D eigenvalue weighted by Crippen LogP contribution is -2.35. The van der Waals surface area contributed by atoms with Crippen LogP contribution in [0.4, 0.5) is 5.69 Å². The van der Waals surface area contributed by atoms with Crippen molar-refractivity contribution in [2.75, 3.05) is 25.5 Å². The van der Waals surface area contributed by atoms with E-state index in [2.05, 4.69) is 4.72 Å². The number of nitrogens with two attached hydrogens (primary N) is 1. The van der Waals surface area contributed by atoms with Gasteiger partial charge in [0.2, 0.25) is 10.0 Å². The Kier molecular flexibility index (Phi) is 6.21. The Morgan fingerprint density at radius 1 is 1.30 bits per heavy atom. The van der Waals surface area contributed by atoms with Crippen molar-refractivity contribution in [1.82, 2.24) is 4.72 Å². The number of sulfonamides is 1. The van der Waals surface area contributed by atoms with Gasteiger partial charge in [0.25, 0.3) is 0 Å². The fraction of sp³-hybridized carbons (Fsp3) is 0.500. The molecule has 20 heavy (non-hydrogen) atoms. The molecule has 4 N–H and O–H groups in total. The van der Waals surface area contributed by atoms with Gasteiger partial charge >= 0.3 is 0 Å². The summed E-state index contributed by atoms with van der Waals surface area (Å²) in [5, 5.41) is 9.64. The molecule has 114 valence electrons. The fourth-order valence-electron chi connectivity index (χ4n) is 1.55. The molecule has 0 amide bonds. The average molecular weight is 304 g/mol. The van der Waals surface area contributed by atoms with Crippen LogP contribution in [0.5, 0.6) is 5.75 Å². The van der Waals surface area contributed by atoms with Gasteiger partial charge in [0.1, 0.15) is 10.6 Å². The number of aromatic hydroxyl groups is 1. The van der Waals surface area contributed by atoms with Crippen LogP contribution in [0, 0.1) is 0 Å². The van der Waals surface area contributed by atoms with E-state index in [9.17, 15) is 13.5 Å². The number of anilines is 1. The number of hydrogen-bond acceptors (Lipinski definition) is 6. The molecule has 0 radical (unpaired) electrons. The lowest BCUT2D eigenvalue weighted by Gasteiger charge is -2.17. The fourth-order valence-corrected chi connectivity index (χ4v) is 2.65. The first-order chi connectivity index (χ1) is 9.40. The maximum atomic E-state index is 12.1. The zero-order valence-corrected chi connectivity index (χ0v) is 12.3. The summed E-state index contributed by atoms with van der Waals surface area (Å²) in [5.74, 6) is -0.401. The third-order valence-corrected chi connectivity index (χ3v) is 3.89. The van der Waals surface area contributed by atoms with E-state index in [1.807, 2.05) is 0 Å². The lowest BCUT2D eigenvalue weighted by atomic mass is 10.3. The third-order valence-electron chi connectivity index (χ3n) is 2.42. The van der Waals surface area contributed by atoms with Crippen molar-refractivity contribution in [2.24, 2.45) is 0 Å². The highest BCUT2D eigenvalue weighted by molar-refractivity contribution is 7.89. The van der Waals surface area contributed by atoms with E-state index in [1.54, 1.807) is 13.8 Å². The quantitative estimate of drug-likeness (QED) is 0.480. The Hall–Kier alpha value is -1.35. The van der Waals surface area contributed by atoms with Crippen LogP contribution in [-0.2, 0) is 19.5 Å². The summed E-state index contributed by atoms with van der Waals surface area (Å²) in [6.45, 7) is 4.32. The summed E-state index contributed by atoms with van der Waals surface area (Å²) < 4.78 is 36.9. The zero-order valence-electron chi connectivity index (χ0n) is 11.5. The number of hydrogen-bond donors (Lipinski definition) is 3. The molecule has 0 heterocycles. The lowest BCUT2D eigenvalue weighted by molar-refractivity contribution is -0.130. The highest BCUT2D eigenvalue weighted by Crippen LogP contribution is 2.24. The number of nitrogens with one attached hydrogen (secondary N) is 1. The second-order valence-electron chi connectivity index (χ2n) is 3.92. The van der Waals surface area contributed by atoms with Crippen molar-refractivity contribution in [3.8, 4) is 5.75 Å². The van der Waals surface area contributed by atoms with Crippen molar-refractivity contribution in [3.63, 3.8) is 0 Å². The van der Waals surface area contributed by atoms with Crippen molar-refractivity contribution in [3.05, 3.63) is 18.2 Å². The summed E-state index contributed by atoms with van der Waals surface area (Å²) in [6, 6.07) is 3.82. The summed E-state index contributed by atoms with van der Waals surface area (Å²) in [4.78, 5) is -0.238. The summed E-state index contributed by atoms with van der Waals surface area (Å²) in [7, 11) is -3.85. The van der Waals surface area contributed by atoms with Gasteiger partial charge < -0.3 is 20.3 Å². The first kappa shape index (κ1) is 16.7. The van der Waals surface area contributed by atoms with Gasteiger partial charge in [0.15, 0.2) is 6.29 Å². The van der Waals surface area contributed by atoms with E-state index >= 15 is 0 Å². The minimum absolute atomic E-state index is 0.0478. The number of phenolic OH excluding ortho intramolecular Hbond substituents is 1. The van der Waals surface area contributed by atoms with Crippen LogP contribution in [0.1, 0.15) is 13.8 Å². The molecule has 0 spiro atoms. The maximum Gasteiger partial charge on any atom is 0.244 e. The molecule has 0 aliphatic carbocycles. The first-order valence-corrected chi connectivity index (χ1v) is 7.70. The minimum atomic E-state index is -3.85. The standard InChI is InChI=1S/C12H20N2O5S/c1-3-18-12(19-4-2)8-14-20(16,17)11-6-5-9(13)7-10(11)15/h5-7,12,14-15H,3-4,8,13H2,1-2H3. The van der Waals surface area contributed by atoms with Crippen LogP contribution in [0.15, 0.2) is 23.1 Å². The Morgan fingerprint density at radius 2 is 1.90 bits per heavy atom. The van der Waals surface area contributed by atoms with Gasteiger partial charge in [-0.25, -0.2) is 13.1 Å². The average Bonchev–Trinajstić information content (AvgIpc) is 2.36. The number of phenols is 1. The number of benzene rings is 1. The normalized spacial score (nSPS) is 11.9. The van der Waals surface area contributed by atoms with E-state index in [-0.39, 0.29) is 17.1 Å². The highest BCUT2D eigenvalue weighted by atomic mass is 32.2. The molecule has 7 nitrogen and oxygen atoms in total. The van der Waals surface area contributed by atoms with Crippen molar-refractivity contribution in [1.29, 1.82) is 0 Å². The molecule has 0 aromatic heterocycles. The monoisotopic (exact) mass is 304 g/mol. The Morgan fingerprint density at radius 3 is 2.40 bits per heavy atom. The molecule has 0 saturated heterocycles. The number of nitrogen functional groups attached to an aromatic ring is 1. The second-order valence-corrected chi connectivity index (χ2v) is 5.65. The zero-order chi connectivity index (χ0) is 15.2. The molecule has 1 rings (SSSR count). The van der Waals surface area contributed by atoms with Gasteiger partial charge in [-0.1, -0.05) is 0 Å². The molecule has 1 aromatic rings. The molecule has 8 heteroatoms. The van der Waals surface area contributed by atoms with Gasteiger partial charge in [-0.15, -0.1) is 0 Å². The molecule has 0 saturated carbocycles. The van der Waals surface area contributed by atoms with Crippen LogP contribution in [0.2, 0.25) is 0 Å². The molecule has 0 aliphatic heterocycles. The predicted molar refractivity (Wildman–Crippen MR) is 74.7 cm³/mol. The molecule has 0 atom stereocenters. The van der Waals surface area contributed by atoms with Crippen molar-refractivity contribution < 1.29 is 23.0 Å². The smallest absolute Gasteiger partial charge is 0.244 e. The summed E-state index contributed by atoms with van der Waals surface area (Å²) in [6.07, 6.45) is -0.671. The SMILES string of the molecule is CCOC(CNS(=O)(=O)c1ccc(N)cc1O)OCC. The largest absolute Gasteiger partial charge is 0.506 e. The van der Waals surface area contributed by atoms with Crippen LogP contribution >= 0.6 is 0 Å². The van der Waals surface area contributed by atoms with Gasteiger partial charge in [0, 0.05) is 25.0 Å². The van der Waals surface area contributed by atoms with Crippen molar-refractivity contribution in [2.45, 2.75) is 25.0 Å². The van der Waals surface area contributed by atoms with E-state index in [0.717, 1.165) is 0 Å². The third kappa shape index (κ3) is 4.64. The van der Waals surface area contributed by atoms with Crippen molar-refractivity contribution >= 4 is 15.7 Å². The van der Waals surface area contributed by atoms with Gasteiger partial charge in [-0.05, 0) is 26.0 Å². The second kappa shape index (κ2) is 7.44. The summed E-state index contributed by atoms with van der Waals surface area (Å²) in [5.41, 5.74) is 5.74. The molecule has 0 fully saturated rings. The minimum Gasteiger partial charge on any atom is -0.506 e. The number of ether oxygens (including phenoxy) is 2. The molecular formula is C12H20N2O5S. The van der Waals surface area contributed by atoms with Crippen LogP contribution in [0.25, 0.3) is 0 Å². The van der Waals surface area contributed by atoms with Gasteiger partial charge in [-0.2, -0.15) is 0 Å². The van der Waals surface area contributed by atoms with E-state index in [1.165, 1.54) is 18.2 Å². The highest BCUT2D eigenvalue weighted by Gasteiger charge is 2.20. The molecule has 0 unspecified atom stereocenters. The summed E-state index contributed by atoms with van der Waals surface area (Å²) >= 11 is 0. The molecule has 0 aliphatic rings. The van der Waals surface area contributed by atoms with E-state index in [0.29, 0.717) is 13.2 Å². The molecule has 1 aromatic carbocycles. The van der Waals surface area contributed by atoms with Gasteiger partial charge in [0.05, 0.1) is 6.54 Å². The van der Waals surface area contributed by atoms with Crippen LogP contribution in [0.3, 0.4) is 0 Å². The topological polar surface area (TPSA) is 111 Å². The molecule has 0 bridgehead atoms. The predicted octanol–water partition coefficient (Wildman–Crippen LogP) is 0.652. The number of rotatable bonds is 8. The van der Waals surface area contributed by atoms with Crippen LogP contribution in [-0.4, -0.2) is 39.6 Å². The molecular weight excluding hydrogens is 284 g/mol. The first-order valence-electron chi connectivity index (χ1n) is 6.22.